The standard InChI is InChI=1S/C26H27NO7/c1-16-9-22(17(2)27(16)13-21-14-32-24-7-5-6-8-25(24)34-21)23(28)15-33-26(29)18-10-19(30-3)12-20(11-18)31-4/h5-12,21H,13-15H2,1-4H3. The maximum Gasteiger partial charge on any atom is 0.338 e. The number of aryl methyl sites for hydroxylation is 1. The Balaban J connectivity index is 1.42. The Hall–Kier alpha value is -3.94. The highest BCUT2D eigenvalue weighted by atomic mass is 16.6. The van der Waals surface area contributed by atoms with Crippen LogP contribution in [0, 0.1) is 13.8 Å². The number of aromatic nitrogens is 1. The molecular formula is C26H27NO7. The Kier molecular flexibility index (Phi) is 6.77. The number of Topliss-reactive ketones (excluding diaryl/α,β-unsaturated/α-hetero) is 1. The highest BCUT2D eigenvalue weighted by molar-refractivity contribution is 6.00. The van der Waals surface area contributed by atoms with Gasteiger partial charge in [0.15, 0.2) is 24.2 Å². The summed E-state index contributed by atoms with van der Waals surface area (Å²) in [6.07, 6.45) is -0.191. The number of benzene rings is 2. The van der Waals surface area contributed by atoms with Gasteiger partial charge in [-0.1, -0.05) is 12.1 Å². The summed E-state index contributed by atoms with van der Waals surface area (Å²) in [6.45, 7) is 4.36. The van der Waals surface area contributed by atoms with Crippen molar-refractivity contribution in [2.45, 2.75) is 26.5 Å². The van der Waals surface area contributed by atoms with Crippen molar-refractivity contribution in [2.24, 2.45) is 0 Å². The molecule has 1 unspecified atom stereocenters. The second kappa shape index (κ2) is 9.91. The maximum absolute atomic E-state index is 12.9. The van der Waals surface area contributed by atoms with Crippen LogP contribution in [0.4, 0.5) is 0 Å². The van der Waals surface area contributed by atoms with E-state index in [0.29, 0.717) is 36.0 Å². The van der Waals surface area contributed by atoms with Crippen LogP contribution in [0.3, 0.4) is 0 Å². The summed E-state index contributed by atoms with van der Waals surface area (Å²) in [5, 5.41) is 0. The molecule has 2 aromatic carbocycles. The molecule has 0 radical (unpaired) electrons. The minimum Gasteiger partial charge on any atom is -0.497 e. The normalized spacial score (nSPS) is 14.4. The van der Waals surface area contributed by atoms with E-state index in [4.69, 9.17) is 23.7 Å². The minimum absolute atomic E-state index is 0.191. The number of fused-ring (bicyclic) bond motifs is 1. The summed E-state index contributed by atoms with van der Waals surface area (Å²) in [6, 6.07) is 14.1. The Morgan fingerprint density at radius 2 is 1.68 bits per heavy atom. The van der Waals surface area contributed by atoms with Gasteiger partial charge in [-0.25, -0.2) is 4.79 Å². The molecule has 34 heavy (non-hydrogen) atoms. The van der Waals surface area contributed by atoms with Crippen LogP contribution in [0.2, 0.25) is 0 Å². The molecule has 2 heterocycles. The number of para-hydroxylation sites is 2. The number of carbonyl (C=O) groups is 2. The Morgan fingerprint density at radius 1 is 1.00 bits per heavy atom. The molecule has 0 amide bonds. The van der Waals surface area contributed by atoms with Crippen LogP contribution in [-0.4, -0.2) is 49.9 Å². The van der Waals surface area contributed by atoms with Gasteiger partial charge in [0, 0.05) is 23.0 Å². The van der Waals surface area contributed by atoms with E-state index in [2.05, 4.69) is 0 Å². The molecule has 0 fully saturated rings. The van der Waals surface area contributed by atoms with Crippen LogP contribution in [0.25, 0.3) is 0 Å². The highest BCUT2D eigenvalue weighted by Crippen LogP contribution is 2.31. The highest BCUT2D eigenvalue weighted by Gasteiger charge is 2.24. The molecule has 8 heteroatoms. The Bertz CT molecular complexity index is 1190. The molecule has 0 bridgehead atoms. The molecule has 4 rings (SSSR count). The largest absolute Gasteiger partial charge is 0.497 e. The molecule has 1 aliphatic rings. The van der Waals surface area contributed by atoms with Gasteiger partial charge < -0.3 is 28.3 Å². The van der Waals surface area contributed by atoms with Gasteiger partial charge in [-0.2, -0.15) is 0 Å². The molecule has 0 N–H and O–H groups in total. The Morgan fingerprint density at radius 3 is 2.35 bits per heavy atom. The molecule has 0 saturated carbocycles. The van der Waals surface area contributed by atoms with Crippen LogP contribution in [0.1, 0.15) is 32.1 Å². The first kappa shape index (κ1) is 23.2. The lowest BCUT2D eigenvalue weighted by molar-refractivity contribution is 0.0474. The topological polar surface area (TPSA) is 85.2 Å². The fraction of sp³-hybridized carbons (Fsp3) is 0.308. The zero-order valence-corrected chi connectivity index (χ0v) is 19.6. The third-order valence-corrected chi connectivity index (χ3v) is 5.75. The van der Waals surface area contributed by atoms with Crippen molar-refractivity contribution in [1.82, 2.24) is 4.57 Å². The van der Waals surface area contributed by atoms with Gasteiger partial charge in [0.2, 0.25) is 5.78 Å². The summed E-state index contributed by atoms with van der Waals surface area (Å²) in [4.78, 5) is 25.4. The van der Waals surface area contributed by atoms with Crippen LogP contribution < -0.4 is 18.9 Å². The minimum atomic E-state index is -0.634. The van der Waals surface area contributed by atoms with Gasteiger partial charge in [-0.3, -0.25) is 4.79 Å². The lowest BCUT2D eigenvalue weighted by atomic mass is 10.1. The van der Waals surface area contributed by atoms with E-state index in [-0.39, 0.29) is 24.1 Å². The van der Waals surface area contributed by atoms with Crippen molar-refractivity contribution in [3.8, 4) is 23.0 Å². The fourth-order valence-corrected chi connectivity index (χ4v) is 3.94. The molecule has 8 nitrogen and oxygen atoms in total. The van der Waals surface area contributed by atoms with Crippen LogP contribution >= 0.6 is 0 Å². The van der Waals surface area contributed by atoms with E-state index in [0.717, 1.165) is 17.1 Å². The fourth-order valence-electron chi connectivity index (χ4n) is 3.94. The molecule has 1 atom stereocenters. The molecule has 0 spiro atoms. The molecule has 1 aliphatic heterocycles. The number of rotatable bonds is 8. The van der Waals surface area contributed by atoms with E-state index >= 15 is 0 Å². The lowest BCUT2D eigenvalue weighted by Crippen LogP contribution is -2.33. The number of nitrogens with zero attached hydrogens (tertiary/aromatic N) is 1. The Labute approximate surface area is 197 Å². The molecule has 0 aliphatic carbocycles. The first-order valence-corrected chi connectivity index (χ1v) is 10.9. The van der Waals surface area contributed by atoms with Crippen molar-refractivity contribution >= 4 is 11.8 Å². The number of hydrogen-bond acceptors (Lipinski definition) is 7. The number of carbonyl (C=O) groups excluding carboxylic acids is 2. The van der Waals surface area contributed by atoms with E-state index < -0.39 is 5.97 Å². The summed E-state index contributed by atoms with van der Waals surface area (Å²) in [5.41, 5.74) is 2.44. The second-order valence-corrected chi connectivity index (χ2v) is 7.99. The average Bonchev–Trinajstić information content (AvgIpc) is 3.14. The second-order valence-electron chi connectivity index (χ2n) is 7.99. The summed E-state index contributed by atoms with van der Waals surface area (Å²) in [5.74, 6) is 1.43. The van der Waals surface area contributed by atoms with Gasteiger partial charge in [0.25, 0.3) is 0 Å². The van der Waals surface area contributed by atoms with E-state index in [1.54, 1.807) is 12.1 Å². The van der Waals surface area contributed by atoms with Crippen molar-refractivity contribution < 1.29 is 33.3 Å². The summed E-state index contributed by atoms with van der Waals surface area (Å²) < 4.78 is 29.5. The van der Waals surface area contributed by atoms with Gasteiger partial charge in [0.1, 0.15) is 18.1 Å². The zero-order chi connectivity index (χ0) is 24.2. The monoisotopic (exact) mass is 465 g/mol. The molecule has 1 aromatic heterocycles. The zero-order valence-electron chi connectivity index (χ0n) is 19.6. The van der Waals surface area contributed by atoms with Gasteiger partial charge in [0.05, 0.1) is 26.3 Å². The van der Waals surface area contributed by atoms with Crippen molar-refractivity contribution in [2.75, 3.05) is 27.4 Å². The predicted molar refractivity (Wildman–Crippen MR) is 124 cm³/mol. The van der Waals surface area contributed by atoms with E-state index in [1.807, 2.05) is 42.7 Å². The van der Waals surface area contributed by atoms with E-state index in [9.17, 15) is 9.59 Å². The number of methoxy groups -OCH3 is 2. The average molecular weight is 466 g/mol. The van der Waals surface area contributed by atoms with Crippen LogP contribution in [0.15, 0.2) is 48.5 Å². The van der Waals surface area contributed by atoms with Crippen molar-refractivity contribution in [3.63, 3.8) is 0 Å². The number of esters is 1. The number of hydrogen-bond donors (Lipinski definition) is 0. The van der Waals surface area contributed by atoms with E-state index in [1.165, 1.54) is 26.4 Å². The molecular weight excluding hydrogens is 438 g/mol. The number of ketones is 1. The molecule has 178 valence electrons. The van der Waals surface area contributed by atoms with Gasteiger partial charge in [-0.15, -0.1) is 0 Å². The van der Waals surface area contributed by atoms with Gasteiger partial charge in [-0.05, 0) is 44.2 Å². The smallest absolute Gasteiger partial charge is 0.338 e. The van der Waals surface area contributed by atoms with Crippen LogP contribution in [-0.2, 0) is 11.3 Å². The first-order chi connectivity index (χ1) is 16.4. The molecule has 0 saturated heterocycles. The predicted octanol–water partition coefficient (Wildman–Crippen LogP) is 4.00. The summed E-state index contributed by atoms with van der Waals surface area (Å²) in [7, 11) is 2.98. The lowest BCUT2D eigenvalue weighted by Gasteiger charge is -2.27. The maximum atomic E-state index is 12.9. The van der Waals surface area contributed by atoms with Crippen molar-refractivity contribution in [3.05, 3.63) is 71.0 Å². The quantitative estimate of drug-likeness (QED) is 0.367. The SMILES string of the molecule is COc1cc(OC)cc(C(=O)OCC(=O)c2cc(C)n(CC3COc4ccccc4O3)c2C)c1. The van der Waals surface area contributed by atoms with Crippen LogP contribution in [0.5, 0.6) is 23.0 Å². The first-order valence-electron chi connectivity index (χ1n) is 10.9. The third kappa shape index (κ3) is 4.85. The van der Waals surface area contributed by atoms with Gasteiger partial charge >= 0.3 is 5.97 Å². The summed E-state index contributed by atoms with van der Waals surface area (Å²) >= 11 is 0. The van der Waals surface area contributed by atoms with Crippen molar-refractivity contribution in [1.29, 1.82) is 0 Å². The number of ether oxygens (including phenoxy) is 5. The third-order valence-electron chi connectivity index (χ3n) is 5.75. The molecule has 3 aromatic rings.